The Morgan fingerprint density at radius 2 is 2.14 bits per heavy atom. The Hall–Kier alpha value is -1.84. The lowest BCUT2D eigenvalue weighted by Crippen LogP contribution is -2.28. The highest BCUT2D eigenvalue weighted by molar-refractivity contribution is 8.00. The van der Waals surface area contributed by atoms with Crippen molar-refractivity contribution < 1.29 is 4.74 Å². The van der Waals surface area contributed by atoms with Gasteiger partial charge >= 0.3 is 0 Å². The standard InChI is InChI=1S/C15H17N3O2S/c1-10(9-20-3)18-14(19)12-6-4-5-7-13(12)17-15(18)21-11(2)8-16/h4-7,10-11H,9H2,1-3H3/t10-,11-/m1/s1. The number of rotatable bonds is 5. The first-order valence-electron chi connectivity index (χ1n) is 6.65. The number of hydrogen-bond donors (Lipinski definition) is 0. The van der Waals surface area contributed by atoms with Gasteiger partial charge in [0.05, 0.1) is 34.9 Å². The highest BCUT2D eigenvalue weighted by Gasteiger charge is 2.18. The number of aromatic nitrogens is 2. The van der Waals surface area contributed by atoms with Crippen LogP contribution in [0.3, 0.4) is 0 Å². The normalized spacial score (nSPS) is 13.8. The molecule has 0 aliphatic heterocycles. The van der Waals surface area contributed by atoms with E-state index in [1.807, 2.05) is 25.1 Å². The Balaban J connectivity index is 2.65. The van der Waals surface area contributed by atoms with Gasteiger partial charge in [0, 0.05) is 7.11 Å². The van der Waals surface area contributed by atoms with E-state index in [-0.39, 0.29) is 16.9 Å². The molecule has 0 aliphatic carbocycles. The lowest BCUT2D eigenvalue weighted by atomic mass is 10.2. The Bertz CT molecular complexity index is 736. The van der Waals surface area contributed by atoms with E-state index in [0.717, 1.165) is 0 Å². The van der Waals surface area contributed by atoms with E-state index >= 15 is 0 Å². The first kappa shape index (κ1) is 15.5. The predicted molar refractivity (Wildman–Crippen MR) is 83.5 cm³/mol. The Morgan fingerprint density at radius 3 is 2.81 bits per heavy atom. The molecule has 2 rings (SSSR count). The fraction of sp³-hybridized carbons (Fsp3) is 0.400. The number of nitriles is 1. The fourth-order valence-electron chi connectivity index (χ4n) is 2.10. The number of hydrogen-bond acceptors (Lipinski definition) is 5. The maximum absolute atomic E-state index is 12.7. The van der Waals surface area contributed by atoms with E-state index < -0.39 is 0 Å². The summed E-state index contributed by atoms with van der Waals surface area (Å²) in [7, 11) is 1.60. The highest BCUT2D eigenvalue weighted by atomic mass is 32.2. The number of para-hydroxylation sites is 1. The number of fused-ring (bicyclic) bond motifs is 1. The molecule has 0 saturated heterocycles. The molecule has 0 aliphatic rings. The van der Waals surface area contributed by atoms with Gasteiger partial charge in [-0.25, -0.2) is 4.98 Å². The van der Waals surface area contributed by atoms with E-state index in [9.17, 15) is 4.79 Å². The van der Waals surface area contributed by atoms with Crippen LogP contribution in [0.4, 0.5) is 0 Å². The summed E-state index contributed by atoms with van der Waals surface area (Å²) in [6, 6.07) is 9.25. The van der Waals surface area contributed by atoms with Crippen molar-refractivity contribution in [2.45, 2.75) is 30.3 Å². The molecule has 0 fully saturated rings. The molecule has 0 N–H and O–H groups in total. The van der Waals surface area contributed by atoms with Gasteiger partial charge in [0.15, 0.2) is 5.16 Å². The molecule has 1 aromatic heterocycles. The lowest BCUT2D eigenvalue weighted by molar-refractivity contribution is 0.156. The summed E-state index contributed by atoms with van der Waals surface area (Å²) in [4.78, 5) is 17.3. The summed E-state index contributed by atoms with van der Waals surface area (Å²) in [6.07, 6.45) is 0. The molecule has 21 heavy (non-hydrogen) atoms. The molecule has 5 nitrogen and oxygen atoms in total. The van der Waals surface area contributed by atoms with Crippen LogP contribution in [0.2, 0.25) is 0 Å². The molecule has 1 aromatic carbocycles. The number of thioether (sulfide) groups is 1. The SMILES string of the molecule is COC[C@@H](C)n1c(S[C@H](C)C#N)nc2ccccc2c1=O. The topological polar surface area (TPSA) is 67.9 Å². The van der Waals surface area contributed by atoms with E-state index in [4.69, 9.17) is 10.00 Å². The lowest BCUT2D eigenvalue weighted by Gasteiger charge is -2.19. The van der Waals surface area contributed by atoms with Crippen molar-refractivity contribution in [2.75, 3.05) is 13.7 Å². The zero-order valence-corrected chi connectivity index (χ0v) is 13.1. The third-order valence-corrected chi connectivity index (χ3v) is 4.05. The van der Waals surface area contributed by atoms with Crippen molar-refractivity contribution in [3.63, 3.8) is 0 Å². The average molecular weight is 303 g/mol. The zero-order valence-electron chi connectivity index (χ0n) is 12.2. The van der Waals surface area contributed by atoms with Crippen LogP contribution < -0.4 is 5.56 Å². The van der Waals surface area contributed by atoms with Gasteiger partial charge in [-0.05, 0) is 26.0 Å². The van der Waals surface area contributed by atoms with Crippen LogP contribution in [0.1, 0.15) is 19.9 Å². The molecule has 6 heteroatoms. The first-order chi connectivity index (χ1) is 10.1. The van der Waals surface area contributed by atoms with Crippen molar-refractivity contribution >= 4 is 22.7 Å². The van der Waals surface area contributed by atoms with Gasteiger partial charge in [-0.1, -0.05) is 23.9 Å². The summed E-state index contributed by atoms with van der Waals surface area (Å²) in [5, 5.41) is 9.85. The van der Waals surface area contributed by atoms with Crippen molar-refractivity contribution in [1.29, 1.82) is 5.26 Å². The minimum atomic E-state index is -0.279. The monoisotopic (exact) mass is 303 g/mol. The van der Waals surface area contributed by atoms with Gasteiger partial charge in [-0.15, -0.1) is 0 Å². The van der Waals surface area contributed by atoms with E-state index in [0.29, 0.717) is 22.7 Å². The Morgan fingerprint density at radius 1 is 1.43 bits per heavy atom. The van der Waals surface area contributed by atoms with Crippen molar-refractivity contribution in [1.82, 2.24) is 9.55 Å². The molecule has 1 heterocycles. The summed E-state index contributed by atoms with van der Waals surface area (Å²) in [6.45, 7) is 4.11. The van der Waals surface area contributed by atoms with Gasteiger partial charge in [0.1, 0.15) is 0 Å². The van der Waals surface area contributed by atoms with Crippen LogP contribution in [-0.4, -0.2) is 28.5 Å². The number of methoxy groups -OCH3 is 1. The Kier molecular flexibility index (Phi) is 4.99. The average Bonchev–Trinajstić information content (AvgIpc) is 2.47. The van der Waals surface area contributed by atoms with Crippen molar-refractivity contribution in [3.8, 4) is 6.07 Å². The maximum atomic E-state index is 12.7. The maximum Gasteiger partial charge on any atom is 0.262 e. The second-order valence-corrected chi connectivity index (χ2v) is 6.09. The molecular formula is C15H17N3O2S. The molecule has 2 aromatic rings. The van der Waals surface area contributed by atoms with Crippen LogP contribution in [0, 0.1) is 11.3 Å². The highest BCUT2D eigenvalue weighted by Crippen LogP contribution is 2.24. The van der Waals surface area contributed by atoms with Crippen LogP contribution in [0.5, 0.6) is 0 Å². The fourth-order valence-corrected chi connectivity index (χ4v) is 2.99. The van der Waals surface area contributed by atoms with Crippen LogP contribution in [-0.2, 0) is 4.74 Å². The summed E-state index contributed by atoms with van der Waals surface area (Å²) in [5.41, 5.74) is 0.550. The number of nitrogens with zero attached hydrogens (tertiary/aromatic N) is 3. The van der Waals surface area contributed by atoms with Gasteiger partial charge in [-0.3, -0.25) is 9.36 Å². The van der Waals surface area contributed by atoms with Gasteiger partial charge < -0.3 is 4.74 Å². The van der Waals surface area contributed by atoms with Crippen LogP contribution in [0.15, 0.2) is 34.2 Å². The van der Waals surface area contributed by atoms with Crippen molar-refractivity contribution in [2.24, 2.45) is 0 Å². The second-order valence-electron chi connectivity index (χ2n) is 4.78. The summed E-state index contributed by atoms with van der Waals surface area (Å²) >= 11 is 1.29. The first-order valence-corrected chi connectivity index (χ1v) is 7.53. The van der Waals surface area contributed by atoms with Crippen molar-refractivity contribution in [3.05, 3.63) is 34.6 Å². The zero-order chi connectivity index (χ0) is 15.4. The molecule has 0 saturated carbocycles. The van der Waals surface area contributed by atoms with E-state index in [1.165, 1.54) is 11.8 Å². The molecular weight excluding hydrogens is 286 g/mol. The predicted octanol–water partition coefficient (Wildman–Crippen LogP) is 2.61. The minimum Gasteiger partial charge on any atom is -0.383 e. The molecule has 2 atom stereocenters. The summed E-state index contributed by atoms with van der Waals surface area (Å²) in [5.74, 6) is 0. The third-order valence-electron chi connectivity index (χ3n) is 3.09. The molecule has 0 bridgehead atoms. The van der Waals surface area contributed by atoms with E-state index in [2.05, 4.69) is 11.1 Å². The number of benzene rings is 1. The molecule has 110 valence electrons. The van der Waals surface area contributed by atoms with Gasteiger partial charge in [0.2, 0.25) is 0 Å². The minimum absolute atomic E-state index is 0.0993. The quantitative estimate of drug-likeness (QED) is 0.627. The smallest absolute Gasteiger partial charge is 0.262 e. The van der Waals surface area contributed by atoms with Gasteiger partial charge in [0.25, 0.3) is 5.56 Å². The van der Waals surface area contributed by atoms with Gasteiger partial charge in [-0.2, -0.15) is 5.26 Å². The summed E-state index contributed by atoms with van der Waals surface area (Å²) < 4.78 is 6.77. The third kappa shape index (κ3) is 3.26. The van der Waals surface area contributed by atoms with E-state index in [1.54, 1.807) is 24.7 Å². The molecule has 0 radical (unpaired) electrons. The van der Waals surface area contributed by atoms with Crippen LogP contribution in [0.25, 0.3) is 10.9 Å². The number of ether oxygens (including phenoxy) is 1. The second kappa shape index (κ2) is 6.74. The molecule has 0 unspecified atom stereocenters. The molecule has 0 amide bonds. The van der Waals surface area contributed by atoms with Crippen LogP contribution >= 0.6 is 11.8 Å². The Labute approximate surface area is 127 Å². The molecule has 0 spiro atoms. The largest absolute Gasteiger partial charge is 0.383 e.